The largest absolute Gasteiger partial charge is 0.339 e. The predicted octanol–water partition coefficient (Wildman–Crippen LogP) is 3.75. The molecular formula is C23H28FN5O4S. The van der Waals surface area contributed by atoms with Gasteiger partial charge in [-0.25, -0.2) is 12.8 Å². The summed E-state index contributed by atoms with van der Waals surface area (Å²) in [6.45, 7) is 2.72. The lowest BCUT2D eigenvalue weighted by Gasteiger charge is -2.19. The highest BCUT2D eigenvalue weighted by Crippen LogP contribution is 2.25. The number of aromatic nitrogens is 2. The summed E-state index contributed by atoms with van der Waals surface area (Å²) in [7, 11) is -3.96. The maximum absolute atomic E-state index is 13.1. The van der Waals surface area contributed by atoms with E-state index in [1.165, 1.54) is 32.0 Å². The number of carbonyl (C=O) groups is 1. The molecule has 0 unspecified atom stereocenters. The summed E-state index contributed by atoms with van der Waals surface area (Å²) in [6.07, 6.45) is 2.26. The number of unbranched alkanes of at least 4 members (excludes halogenated alkanes) is 1. The molecule has 182 valence electrons. The molecule has 3 rings (SSSR count). The monoisotopic (exact) mass is 489 g/mol. The van der Waals surface area contributed by atoms with Gasteiger partial charge in [-0.2, -0.15) is 4.98 Å². The van der Waals surface area contributed by atoms with Crippen molar-refractivity contribution in [2.45, 2.75) is 38.0 Å². The van der Waals surface area contributed by atoms with Gasteiger partial charge in [0, 0.05) is 17.7 Å². The van der Waals surface area contributed by atoms with E-state index in [1.54, 1.807) is 30.3 Å². The van der Waals surface area contributed by atoms with E-state index in [-0.39, 0.29) is 10.6 Å². The number of benzene rings is 2. The molecule has 34 heavy (non-hydrogen) atoms. The second-order valence-electron chi connectivity index (χ2n) is 8.44. The van der Waals surface area contributed by atoms with Crippen molar-refractivity contribution in [3.8, 4) is 11.4 Å². The van der Waals surface area contributed by atoms with E-state index in [4.69, 9.17) is 10.3 Å². The van der Waals surface area contributed by atoms with Crippen LogP contribution in [0.1, 0.15) is 32.6 Å². The lowest BCUT2D eigenvalue weighted by molar-refractivity contribution is -0.124. The van der Waals surface area contributed by atoms with Gasteiger partial charge in [-0.3, -0.25) is 9.52 Å². The van der Waals surface area contributed by atoms with E-state index in [0.29, 0.717) is 35.9 Å². The molecule has 1 amide bonds. The third kappa shape index (κ3) is 6.39. The van der Waals surface area contributed by atoms with Crippen LogP contribution < -0.4 is 15.8 Å². The number of amides is 1. The van der Waals surface area contributed by atoms with E-state index in [0.717, 1.165) is 12.8 Å². The van der Waals surface area contributed by atoms with E-state index >= 15 is 0 Å². The molecule has 0 fully saturated rings. The molecule has 0 aliphatic rings. The molecule has 11 heteroatoms. The number of nitrogens with one attached hydrogen (secondary N) is 2. The van der Waals surface area contributed by atoms with Crippen molar-refractivity contribution in [3.05, 3.63) is 54.4 Å². The zero-order valence-corrected chi connectivity index (χ0v) is 19.9. The van der Waals surface area contributed by atoms with E-state index in [9.17, 15) is 17.6 Å². The second-order valence-corrected chi connectivity index (χ2v) is 10.1. The number of sulfonamides is 1. The molecule has 0 atom stereocenters. The normalized spacial score (nSPS) is 11.9. The first-order valence-corrected chi connectivity index (χ1v) is 12.3. The van der Waals surface area contributed by atoms with E-state index in [2.05, 4.69) is 20.2 Å². The third-order valence-electron chi connectivity index (χ3n) is 5.04. The van der Waals surface area contributed by atoms with Crippen molar-refractivity contribution in [2.75, 3.05) is 23.3 Å². The quantitative estimate of drug-likeness (QED) is 0.348. The summed E-state index contributed by atoms with van der Waals surface area (Å²) >= 11 is 0. The van der Waals surface area contributed by atoms with Gasteiger partial charge in [0.2, 0.25) is 17.6 Å². The Morgan fingerprint density at radius 1 is 1.12 bits per heavy atom. The molecule has 0 spiro atoms. The first-order valence-electron chi connectivity index (χ1n) is 10.8. The number of rotatable bonds is 11. The number of aryl methyl sites for hydroxylation is 1. The Morgan fingerprint density at radius 2 is 1.85 bits per heavy atom. The van der Waals surface area contributed by atoms with Crippen LogP contribution in [0.3, 0.4) is 0 Å². The topological polar surface area (TPSA) is 140 Å². The fraction of sp³-hybridized carbons (Fsp3) is 0.348. The lowest BCUT2D eigenvalue weighted by Crippen LogP contribution is -2.32. The van der Waals surface area contributed by atoms with Gasteiger partial charge in [-0.1, -0.05) is 23.4 Å². The Morgan fingerprint density at radius 3 is 2.59 bits per heavy atom. The Labute approximate surface area is 198 Å². The summed E-state index contributed by atoms with van der Waals surface area (Å²) in [6, 6.07) is 12.4. The van der Waals surface area contributed by atoms with Gasteiger partial charge in [0.15, 0.2) is 0 Å². The minimum atomic E-state index is -3.96. The summed E-state index contributed by atoms with van der Waals surface area (Å²) in [5.41, 5.74) is 5.37. The SMILES string of the molecule is CC(C)(CF)C(=O)Nc1cccc(NS(=O)(=O)c2cccc(-c3noc(CCCCN)n3)c2)c1. The molecule has 1 aromatic heterocycles. The van der Waals surface area contributed by atoms with Gasteiger partial charge in [-0.15, -0.1) is 0 Å². The number of nitrogens with two attached hydrogens (primary N) is 1. The standard InChI is InChI=1S/C23H28FN5O4S/c1-23(2,15-24)22(30)26-17-8-6-9-18(14-17)29-34(31,32)19-10-5-7-16(13-19)21-27-20(33-28-21)11-3-4-12-25/h5-10,13-14,29H,3-4,11-12,15,25H2,1-2H3,(H,26,30). The zero-order chi connectivity index (χ0) is 24.8. The highest BCUT2D eigenvalue weighted by Gasteiger charge is 2.27. The van der Waals surface area contributed by atoms with Crippen LogP contribution >= 0.6 is 0 Å². The molecule has 2 aromatic carbocycles. The Bertz CT molecular complexity index is 1240. The molecule has 0 radical (unpaired) electrons. The van der Waals surface area contributed by atoms with Crippen molar-refractivity contribution in [3.63, 3.8) is 0 Å². The zero-order valence-electron chi connectivity index (χ0n) is 19.0. The van der Waals surface area contributed by atoms with Gasteiger partial charge in [-0.05, 0) is 63.6 Å². The van der Waals surface area contributed by atoms with Crippen LogP contribution in [0.4, 0.5) is 15.8 Å². The van der Waals surface area contributed by atoms with Crippen molar-refractivity contribution >= 4 is 27.3 Å². The number of anilines is 2. The smallest absolute Gasteiger partial charge is 0.261 e. The van der Waals surface area contributed by atoms with Crippen molar-refractivity contribution in [1.82, 2.24) is 10.1 Å². The van der Waals surface area contributed by atoms with Gasteiger partial charge >= 0.3 is 0 Å². The van der Waals surface area contributed by atoms with Crippen LogP contribution in [0.25, 0.3) is 11.4 Å². The van der Waals surface area contributed by atoms with E-state index < -0.39 is 28.0 Å². The number of alkyl halides is 1. The van der Waals surface area contributed by atoms with Gasteiger partial charge in [0.25, 0.3) is 10.0 Å². The van der Waals surface area contributed by atoms with E-state index in [1.807, 2.05) is 0 Å². The van der Waals surface area contributed by atoms with Gasteiger partial charge < -0.3 is 15.6 Å². The molecule has 0 saturated heterocycles. The van der Waals surface area contributed by atoms with Gasteiger partial charge in [0.1, 0.15) is 6.67 Å². The van der Waals surface area contributed by atoms with Crippen LogP contribution in [-0.2, 0) is 21.2 Å². The Balaban J connectivity index is 1.76. The predicted molar refractivity (Wildman–Crippen MR) is 127 cm³/mol. The molecule has 3 aromatic rings. The molecular weight excluding hydrogens is 461 g/mol. The highest BCUT2D eigenvalue weighted by atomic mass is 32.2. The summed E-state index contributed by atoms with van der Waals surface area (Å²) in [5, 5.41) is 6.54. The van der Waals surface area contributed by atoms with Crippen molar-refractivity contribution in [2.24, 2.45) is 11.1 Å². The molecule has 0 bridgehead atoms. The fourth-order valence-electron chi connectivity index (χ4n) is 2.93. The highest BCUT2D eigenvalue weighted by molar-refractivity contribution is 7.92. The summed E-state index contributed by atoms with van der Waals surface area (Å²) in [5.74, 6) is 0.245. The van der Waals surface area contributed by atoms with Crippen LogP contribution in [0, 0.1) is 5.41 Å². The maximum Gasteiger partial charge on any atom is 0.261 e. The minimum absolute atomic E-state index is 0.00693. The Kier molecular flexibility index (Phi) is 8.00. The molecule has 9 nitrogen and oxygen atoms in total. The second kappa shape index (κ2) is 10.7. The maximum atomic E-state index is 13.1. The molecule has 0 aliphatic carbocycles. The number of carbonyl (C=O) groups excluding carboxylic acids is 1. The average molecular weight is 490 g/mol. The molecule has 0 aliphatic heterocycles. The number of hydrogen-bond acceptors (Lipinski definition) is 7. The summed E-state index contributed by atoms with van der Waals surface area (Å²) < 4.78 is 46.8. The lowest BCUT2D eigenvalue weighted by atomic mass is 9.94. The first-order chi connectivity index (χ1) is 16.1. The Hall–Kier alpha value is -3.31. The van der Waals surface area contributed by atoms with Crippen LogP contribution in [0.15, 0.2) is 57.9 Å². The number of hydrogen-bond donors (Lipinski definition) is 3. The van der Waals surface area contributed by atoms with Gasteiger partial charge in [0.05, 0.1) is 16.0 Å². The van der Waals surface area contributed by atoms with Crippen LogP contribution in [0.2, 0.25) is 0 Å². The fourth-order valence-corrected chi connectivity index (χ4v) is 4.03. The van der Waals surface area contributed by atoms with Crippen LogP contribution in [-0.4, -0.2) is 37.7 Å². The number of halogens is 1. The third-order valence-corrected chi connectivity index (χ3v) is 6.42. The molecule has 1 heterocycles. The van der Waals surface area contributed by atoms with Crippen LogP contribution in [0.5, 0.6) is 0 Å². The van der Waals surface area contributed by atoms with Crippen molar-refractivity contribution in [1.29, 1.82) is 0 Å². The molecule has 4 N–H and O–H groups in total. The minimum Gasteiger partial charge on any atom is -0.339 e. The molecule has 0 saturated carbocycles. The average Bonchev–Trinajstić information content (AvgIpc) is 3.28. The first kappa shape index (κ1) is 25.3. The number of nitrogens with zero attached hydrogens (tertiary/aromatic N) is 2. The summed E-state index contributed by atoms with van der Waals surface area (Å²) in [4.78, 5) is 16.5. The van der Waals surface area contributed by atoms with Crippen molar-refractivity contribution < 1.29 is 22.1 Å².